The van der Waals surface area contributed by atoms with E-state index in [0.29, 0.717) is 5.03 Å². The third-order valence-corrected chi connectivity index (χ3v) is 6.07. The molecule has 0 amide bonds. The summed E-state index contributed by atoms with van der Waals surface area (Å²) in [5.41, 5.74) is 3.31. The van der Waals surface area contributed by atoms with E-state index in [2.05, 4.69) is 39.8 Å². The zero-order chi connectivity index (χ0) is 17.3. The summed E-state index contributed by atoms with van der Waals surface area (Å²) >= 11 is 6.44. The lowest BCUT2D eigenvalue weighted by molar-refractivity contribution is 0.228. The van der Waals surface area contributed by atoms with Gasteiger partial charge in [0.2, 0.25) is 0 Å². The number of nitrogens with one attached hydrogen (secondary N) is 2. The quantitative estimate of drug-likeness (QED) is 0.836. The zero-order valence-electron chi connectivity index (χ0n) is 13.9. The van der Waals surface area contributed by atoms with Gasteiger partial charge in [-0.25, -0.2) is 4.39 Å². The first-order chi connectivity index (χ1) is 12.2. The van der Waals surface area contributed by atoms with Crippen LogP contribution in [0.1, 0.15) is 24.8 Å². The number of hydrogen-bond acceptors (Lipinski definition) is 2. The predicted molar refractivity (Wildman–Crippen MR) is 99.0 cm³/mol. The molecule has 130 valence electrons. The number of allylic oxidation sites excluding steroid dienone is 4. The third-order valence-electron chi connectivity index (χ3n) is 5.62. The highest BCUT2D eigenvalue weighted by Gasteiger charge is 2.43. The fourth-order valence-electron chi connectivity index (χ4n) is 4.24. The number of halogens is 2. The van der Waals surface area contributed by atoms with Crippen molar-refractivity contribution in [3.63, 3.8) is 0 Å². The van der Waals surface area contributed by atoms with Gasteiger partial charge in [0.25, 0.3) is 0 Å². The molecule has 3 nitrogen and oxygen atoms in total. The SMILES string of the molecule is FC1=C(Cl)C(C2(c3ccc(-c4cn[nH]c4)cc3)CCNCC2)CC=C1. The molecular weight excluding hydrogens is 337 g/mol. The van der Waals surface area contributed by atoms with Crippen LogP contribution in [-0.4, -0.2) is 23.3 Å². The molecule has 1 saturated heterocycles. The topological polar surface area (TPSA) is 40.7 Å². The summed E-state index contributed by atoms with van der Waals surface area (Å²) in [5.74, 6) is -0.285. The maximum atomic E-state index is 14.2. The second-order valence-corrected chi connectivity index (χ2v) is 7.26. The molecule has 0 radical (unpaired) electrons. The molecule has 1 aliphatic carbocycles. The minimum Gasteiger partial charge on any atom is -0.317 e. The van der Waals surface area contributed by atoms with Crippen molar-refractivity contribution in [3.05, 3.63) is 65.2 Å². The third kappa shape index (κ3) is 2.94. The van der Waals surface area contributed by atoms with Crippen LogP contribution in [0.5, 0.6) is 0 Å². The number of rotatable bonds is 3. The Morgan fingerprint density at radius 1 is 1.12 bits per heavy atom. The maximum absolute atomic E-state index is 14.2. The number of nitrogens with zero attached hydrogens (tertiary/aromatic N) is 1. The van der Waals surface area contributed by atoms with Crippen LogP contribution in [0.4, 0.5) is 4.39 Å². The largest absolute Gasteiger partial charge is 0.317 e. The highest BCUT2D eigenvalue weighted by molar-refractivity contribution is 6.30. The van der Waals surface area contributed by atoms with Crippen molar-refractivity contribution in [2.45, 2.75) is 24.7 Å². The van der Waals surface area contributed by atoms with Crippen LogP contribution in [0.15, 0.2) is 59.7 Å². The van der Waals surface area contributed by atoms with E-state index in [1.165, 1.54) is 11.6 Å². The predicted octanol–water partition coefficient (Wildman–Crippen LogP) is 4.69. The second kappa shape index (κ2) is 6.77. The first kappa shape index (κ1) is 16.6. The van der Waals surface area contributed by atoms with Gasteiger partial charge < -0.3 is 5.32 Å². The van der Waals surface area contributed by atoms with Crippen molar-refractivity contribution in [1.29, 1.82) is 0 Å². The van der Waals surface area contributed by atoms with Crippen LogP contribution >= 0.6 is 11.6 Å². The molecule has 1 aromatic heterocycles. The molecule has 0 bridgehead atoms. The molecule has 2 aromatic rings. The normalized spacial score (nSPS) is 23.0. The number of aromatic amines is 1. The maximum Gasteiger partial charge on any atom is 0.137 e. The van der Waals surface area contributed by atoms with Crippen molar-refractivity contribution in [2.75, 3.05) is 13.1 Å². The van der Waals surface area contributed by atoms with Crippen LogP contribution in [0, 0.1) is 5.92 Å². The number of aromatic nitrogens is 2. The first-order valence-corrected chi connectivity index (χ1v) is 9.11. The summed E-state index contributed by atoms with van der Waals surface area (Å²) in [6.07, 6.45) is 9.81. The summed E-state index contributed by atoms with van der Waals surface area (Å²) < 4.78 is 14.2. The monoisotopic (exact) mass is 357 g/mol. The summed E-state index contributed by atoms with van der Waals surface area (Å²) in [6, 6.07) is 8.59. The van der Waals surface area contributed by atoms with Gasteiger partial charge in [0, 0.05) is 23.1 Å². The smallest absolute Gasteiger partial charge is 0.137 e. The van der Waals surface area contributed by atoms with Crippen LogP contribution in [0.2, 0.25) is 0 Å². The van der Waals surface area contributed by atoms with E-state index in [9.17, 15) is 4.39 Å². The molecular formula is C20H21ClFN3. The molecule has 0 saturated carbocycles. The lowest BCUT2D eigenvalue weighted by Crippen LogP contribution is -2.45. The molecule has 0 spiro atoms. The fourth-order valence-corrected chi connectivity index (χ4v) is 4.60. The molecule has 2 aliphatic rings. The minimum absolute atomic E-state index is 0.000965. The first-order valence-electron chi connectivity index (χ1n) is 8.73. The van der Waals surface area contributed by atoms with Crippen molar-refractivity contribution < 1.29 is 4.39 Å². The van der Waals surface area contributed by atoms with Gasteiger partial charge in [-0.15, -0.1) is 0 Å². The van der Waals surface area contributed by atoms with Gasteiger partial charge in [0.15, 0.2) is 0 Å². The average Bonchev–Trinajstić information content (AvgIpc) is 3.19. The second-order valence-electron chi connectivity index (χ2n) is 6.86. The Bertz CT molecular complexity index is 787. The summed E-state index contributed by atoms with van der Waals surface area (Å²) in [4.78, 5) is 0. The molecule has 1 aliphatic heterocycles. The highest BCUT2D eigenvalue weighted by Crippen LogP contribution is 2.49. The van der Waals surface area contributed by atoms with Gasteiger partial charge in [0.05, 0.1) is 11.2 Å². The molecule has 4 rings (SSSR count). The van der Waals surface area contributed by atoms with Gasteiger partial charge >= 0.3 is 0 Å². The van der Waals surface area contributed by atoms with Gasteiger partial charge in [-0.2, -0.15) is 5.10 Å². The van der Waals surface area contributed by atoms with E-state index in [-0.39, 0.29) is 17.2 Å². The Morgan fingerprint density at radius 3 is 2.56 bits per heavy atom. The van der Waals surface area contributed by atoms with Crippen molar-refractivity contribution >= 4 is 11.6 Å². The minimum atomic E-state index is -0.286. The molecule has 5 heteroatoms. The zero-order valence-corrected chi connectivity index (χ0v) is 14.7. The van der Waals surface area contributed by atoms with Crippen LogP contribution < -0.4 is 5.32 Å². The lowest BCUT2D eigenvalue weighted by Gasteiger charge is -2.45. The van der Waals surface area contributed by atoms with Crippen LogP contribution in [0.3, 0.4) is 0 Å². The number of H-pyrrole nitrogens is 1. The Morgan fingerprint density at radius 2 is 1.88 bits per heavy atom. The van der Waals surface area contributed by atoms with Crippen LogP contribution in [0.25, 0.3) is 11.1 Å². The summed E-state index contributed by atoms with van der Waals surface area (Å²) in [6.45, 7) is 1.85. The average molecular weight is 358 g/mol. The van der Waals surface area contributed by atoms with E-state index < -0.39 is 0 Å². The standard InChI is InChI=1S/C20H21ClFN3/c21-19-17(2-1-3-18(19)22)20(8-10-23-11-9-20)16-6-4-14(5-7-16)15-12-24-25-13-15/h1,3-7,12-13,17,23H,2,8-11H2,(H,24,25). The van der Waals surface area contributed by atoms with Gasteiger partial charge in [-0.1, -0.05) is 41.9 Å². The summed E-state index contributed by atoms with van der Waals surface area (Å²) in [7, 11) is 0. The Balaban J connectivity index is 1.73. The fraction of sp³-hybridized carbons (Fsp3) is 0.350. The van der Waals surface area contributed by atoms with E-state index >= 15 is 0 Å². The molecule has 25 heavy (non-hydrogen) atoms. The van der Waals surface area contributed by atoms with E-state index in [1.807, 2.05) is 18.5 Å². The number of benzene rings is 1. The van der Waals surface area contributed by atoms with Crippen LogP contribution in [-0.2, 0) is 5.41 Å². The van der Waals surface area contributed by atoms with Gasteiger partial charge in [-0.3, -0.25) is 5.10 Å². The van der Waals surface area contributed by atoms with Crippen molar-refractivity contribution in [3.8, 4) is 11.1 Å². The lowest BCUT2D eigenvalue weighted by atomic mass is 9.62. The van der Waals surface area contributed by atoms with E-state index in [4.69, 9.17) is 11.6 Å². The Kier molecular flexibility index (Phi) is 4.48. The molecule has 2 heterocycles. The number of hydrogen-bond donors (Lipinski definition) is 2. The Labute approximate surface area is 152 Å². The van der Waals surface area contributed by atoms with Gasteiger partial charge in [0.1, 0.15) is 5.83 Å². The van der Waals surface area contributed by atoms with Crippen molar-refractivity contribution in [2.24, 2.45) is 5.92 Å². The van der Waals surface area contributed by atoms with E-state index in [0.717, 1.165) is 43.5 Å². The van der Waals surface area contributed by atoms with Gasteiger partial charge in [-0.05, 0) is 49.6 Å². The summed E-state index contributed by atoms with van der Waals surface area (Å²) in [5, 5.41) is 10.7. The molecule has 1 fully saturated rings. The molecule has 2 N–H and O–H groups in total. The molecule has 1 atom stereocenters. The highest BCUT2D eigenvalue weighted by atomic mass is 35.5. The van der Waals surface area contributed by atoms with E-state index in [1.54, 1.807) is 0 Å². The molecule has 1 unspecified atom stereocenters. The van der Waals surface area contributed by atoms with Crippen molar-refractivity contribution in [1.82, 2.24) is 15.5 Å². The molecule has 1 aromatic carbocycles. The Hall–Kier alpha value is -1.91. The number of piperidine rings is 1.